The Morgan fingerprint density at radius 3 is 2.50 bits per heavy atom. The zero-order chi connectivity index (χ0) is 24.5. The molecule has 8 nitrogen and oxygen atoms in total. The highest BCUT2D eigenvalue weighted by Gasteiger charge is 2.20. The van der Waals surface area contributed by atoms with E-state index in [9.17, 15) is 9.59 Å². The molecule has 0 spiro atoms. The number of likely N-dealkylation sites (tertiary alicyclic amines) is 1. The van der Waals surface area contributed by atoms with Crippen LogP contribution in [0.5, 0.6) is 5.75 Å². The number of methoxy groups -OCH3 is 1. The van der Waals surface area contributed by atoms with Gasteiger partial charge in [0.25, 0.3) is 5.91 Å². The first-order valence-electron chi connectivity index (χ1n) is 11.6. The fourth-order valence-electron chi connectivity index (χ4n) is 4.00. The largest absolute Gasteiger partial charge is 0.493 e. The number of nitrogens with zero attached hydrogens (tertiary/aromatic N) is 2. The Labute approximate surface area is 200 Å². The van der Waals surface area contributed by atoms with Crippen LogP contribution in [0, 0.1) is 5.92 Å². The summed E-state index contributed by atoms with van der Waals surface area (Å²) < 4.78 is 11.2. The zero-order valence-corrected chi connectivity index (χ0v) is 20.0. The predicted octanol–water partition coefficient (Wildman–Crippen LogP) is 2.87. The monoisotopic (exact) mass is 466 g/mol. The Hall–Kier alpha value is -3.39. The maximum absolute atomic E-state index is 12.1. The molecule has 182 valence electrons. The first kappa shape index (κ1) is 25.2. The number of ether oxygens (including phenoxy) is 2. The standard InChI is InChI=1S/C26H34N4O4/c1-18(25(32)29-26(27)28)15-20-8-11-22(23(16-20)34-14-4-13-33-2)21-9-6-19(7-10-21)17-30-12-3-5-24(30)31/h6-11,16,18H,3-5,12-15,17H2,1-2H3,(H4,27,28,29,32). The molecule has 2 amide bonds. The Kier molecular flexibility index (Phi) is 9.04. The van der Waals surface area contributed by atoms with Crippen molar-refractivity contribution < 1.29 is 19.1 Å². The van der Waals surface area contributed by atoms with Crippen molar-refractivity contribution in [3.8, 4) is 16.9 Å². The zero-order valence-electron chi connectivity index (χ0n) is 20.0. The van der Waals surface area contributed by atoms with Gasteiger partial charge >= 0.3 is 0 Å². The summed E-state index contributed by atoms with van der Waals surface area (Å²) in [6, 6.07) is 14.2. The topological polar surface area (TPSA) is 120 Å². The minimum Gasteiger partial charge on any atom is -0.493 e. The van der Waals surface area contributed by atoms with Crippen molar-refractivity contribution >= 4 is 17.8 Å². The van der Waals surface area contributed by atoms with Crippen LogP contribution in [0.4, 0.5) is 0 Å². The summed E-state index contributed by atoms with van der Waals surface area (Å²) in [6.07, 6.45) is 2.84. The van der Waals surface area contributed by atoms with E-state index in [4.69, 9.17) is 20.9 Å². The number of rotatable bonds is 11. The first-order chi connectivity index (χ1) is 16.4. The van der Waals surface area contributed by atoms with E-state index < -0.39 is 0 Å². The molecule has 0 radical (unpaired) electrons. The third-order valence-electron chi connectivity index (χ3n) is 5.81. The summed E-state index contributed by atoms with van der Waals surface area (Å²) in [5.41, 5.74) is 14.7. The average Bonchev–Trinajstić information content (AvgIpc) is 3.21. The van der Waals surface area contributed by atoms with Crippen LogP contribution in [0.25, 0.3) is 11.1 Å². The average molecular weight is 467 g/mol. The van der Waals surface area contributed by atoms with Gasteiger partial charge in [0, 0.05) is 51.1 Å². The van der Waals surface area contributed by atoms with Gasteiger partial charge in [0.2, 0.25) is 5.91 Å². The van der Waals surface area contributed by atoms with Crippen LogP contribution >= 0.6 is 0 Å². The molecule has 1 heterocycles. The maximum atomic E-state index is 12.1. The highest BCUT2D eigenvalue weighted by Crippen LogP contribution is 2.32. The summed E-state index contributed by atoms with van der Waals surface area (Å²) in [5.74, 6) is 0.0315. The number of nitrogens with two attached hydrogens (primary N) is 2. The Morgan fingerprint density at radius 2 is 1.85 bits per heavy atom. The van der Waals surface area contributed by atoms with Gasteiger partial charge in [-0.2, -0.15) is 4.99 Å². The second-order valence-electron chi connectivity index (χ2n) is 8.62. The minimum absolute atomic E-state index is 0.221. The van der Waals surface area contributed by atoms with Crippen molar-refractivity contribution in [2.45, 2.75) is 39.2 Å². The van der Waals surface area contributed by atoms with E-state index in [1.165, 1.54) is 0 Å². The Balaban J connectivity index is 1.78. The van der Waals surface area contributed by atoms with Crippen LogP contribution in [-0.4, -0.2) is 49.5 Å². The quantitative estimate of drug-likeness (QED) is 0.298. The molecular formula is C26H34N4O4. The molecular weight excluding hydrogens is 432 g/mol. The van der Waals surface area contributed by atoms with Crippen LogP contribution in [-0.2, 0) is 27.3 Å². The number of hydrogen-bond donors (Lipinski definition) is 2. The van der Waals surface area contributed by atoms with Gasteiger partial charge in [0.15, 0.2) is 5.96 Å². The molecule has 0 saturated carbocycles. The molecule has 1 unspecified atom stereocenters. The van der Waals surface area contributed by atoms with Crippen LogP contribution in [0.1, 0.15) is 37.3 Å². The molecule has 3 rings (SSSR count). The number of aliphatic imine (C=N–C) groups is 1. The van der Waals surface area contributed by atoms with E-state index in [2.05, 4.69) is 29.3 Å². The Morgan fingerprint density at radius 1 is 1.12 bits per heavy atom. The lowest BCUT2D eigenvalue weighted by Gasteiger charge is -2.17. The van der Waals surface area contributed by atoms with Crippen molar-refractivity contribution in [3.05, 3.63) is 53.6 Å². The molecule has 1 saturated heterocycles. The highest BCUT2D eigenvalue weighted by molar-refractivity contribution is 5.92. The molecule has 1 aliphatic heterocycles. The van der Waals surface area contributed by atoms with Crippen LogP contribution in [0.3, 0.4) is 0 Å². The number of carbonyl (C=O) groups is 2. The molecule has 0 aromatic heterocycles. The van der Waals surface area contributed by atoms with E-state index in [0.29, 0.717) is 32.6 Å². The van der Waals surface area contributed by atoms with E-state index in [1.54, 1.807) is 14.0 Å². The maximum Gasteiger partial charge on any atom is 0.252 e. The summed E-state index contributed by atoms with van der Waals surface area (Å²) in [4.78, 5) is 29.6. The molecule has 8 heteroatoms. The second-order valence-corrected chi connectivity index (χ2v) is 8.62. The van der Waals surface area contributed by atoms with Gasteiger partial charge in [-0.3, -0.25) is 9.59 Å². The molecule has 1 atom stereocenters. The molecule has 2 aromatic rings. The fraction of sp³-hybridized carbons (Fsp3) is 0.423. The lowest BCUT2D eigenvalue weighted by Crippen LogP contribution is -2.26. The SMILES string of the molecule is COCCCOc1cc(CC(C)C(=O)N=C(N)N)ccc1-c1ccc(CN2CCCC2=O)cc1. The number of hydrogen-bond acceptors (Lipinski definition) is 4. The third-order valence-corrected chi connectivity index (χ3v) is 5.81. The van der Waals surface area contributed by atoms with E-state index in [1.807, 2.05) is 23.1 Å². The van der Waals surface area contributed by atoms with Crippen molar-refractivity contribution in [2.75, 3.05) is 26.9 Å². The van der Waals surface area contributed by atoms with Gasteiger partial charge in [-0.1, -0.05) is 43.3 Å². The molecule has 0 bridgehead atoms. The van der Waals surface area contributed by atoms with Gasteiger partial charge in [0.05, 0.1) is 6.61 Å². The molecule has 1 fully saturated rings. The third kappa shape index (κ3) is 7.05. The van der Waals surface area contributed by atoms with Crippen molar-refractivity contribution in [3.63, 3.8) is 0 Å². The predicted molar refractivity (Wildman–Crippen MR) is 132 cm³/mol. The number of carbonyl (C=O) groups excluding carboxylic acids is 2. The number of guanidine groups is 1. The lowest BCUT2D eigenvalue weighted by atomic mass is 9.96. The van der Waals surface area contributed by atoms with Gasteiger partial charge in [0.1, 0.15) is 5.75 Å². The molecule has 4 N–H and O–H groups in total. The van der Waals surface area contributed by atoms with E-state index in [-0.39, 0.29) is 23.7 Å². The first-order valence-corrected chi connectivity index (χ1v) is 11.6. The van der Waals surface area contributed by atoms with Crippen LogP contribution < -0.4 is 16.2 Å². The van der Waals surface area contributed by atoms with Crippen LogP contribution in [0.2, 0.25) is 0 Å². The van der Waals surface area contributed by atoms with Gasteiger partial charge < -0.3 is 25.8 Å². The summed E-state index contributed by atoms with van der Waals surface area (Å²) in [7, 11) is 1.66. The second kappa shape index (κ2) is 12.2. The van der Waals surface area contributed by atoms with Crippen molar-refractivity contribution in [2.24, 2.45) is 22.4 Å². The lowest BCUT2D eigenvalue weighted by molar-refractivity contribution is -0.128. The van der Waals surface area contributed by atoms with Gasteiger partial charge in [-0.05, 0) is 35.6 Å². The smallest absolute Gasteiger partial charge is 0.252 e. The van der Waals surface area contributed by atoms with Crippen molar-refractivity contribution in [1.82, 2.24) is 4.90 Å². The summed E-state index contributed by atoms with van der Waals surface area (Å²) >= 11 is 0. The Bertz CT molecular complexity index is 1020. The number of benzene rings is 2. The van der Waals surface area contributed by atoms with Gasteiger partial charge in [-0.15, -0.1) is 0 Å². The van der Waals surface area contributed by atoms with E-state index >= 15 is 0 Å². The molecule has 0 aliphatic carbocycles. The van der Waals surface area contributed by atoms with E-state index in [0.717, 1.165) is 47.4 Å². The minimum atomic E-state index is -0.359. The van der Waals surface area contributed by atoms with Crippen molar-refractivity contribution in [1.29, 1.82) is 0 Å². The fourth-order valence-corrected chi connectivity index (χ4v) is 4.00. The molecule has 1 aliphatic rings. The normalized spacial score (nSPS) is 14.2. The highest BCUT2D eigenvalue weighted by atomic mass is 16.5. The number of amides is 2. The molecule has 2 aromatic carbocycles. The summed E-state index contributed by atoms with van der Waals surface area (Å²) in [6.45, 7) is 4.39. The molecule has 34 heavy (non-hydrogen) atoms. The van der Waals surface area contributed by atoms with Gasteiger partial charge in [-0.25, -0.2) is 0 Å². The summed E-state index contributed by atoms with van der Waals surface area (Å²) in [5, 5.41) is 0. The van der Waals surface area contributed by atoms with Crippen LogP contribution in [0.15, 0.2) is 47.5 Å².